The first-order valence-electron chi connectivity index (χ1n) is 9.25. The summed E-state index contributed by atoms with van der Waals surface area (Å²) in [5, 5.41) is 2.97. The molecule has 1 aromatic carbocycles. The predicted molar refractivity (Wildman–Crippen MR) is 102 cm³/mol. The molecule has 0 bridgehead atoms. The zero-order valence-corrected chi connectivity index (χ0v) is 16.9. The van der Waals surface area contributed by atoms with Gasteiger partial charge >= 0.3 is 0 Å². The van der Waals surface area contributed by atoms with Crippen LogP contribution in [0.25, 0.3) is 0 Å². The molecule has 2 fully saturated rings. The molecule has 0 unspecified atom stereocenters. The summed E-state index contributed by atoms with van der Waals surface area (Å²) in [6, 6.07) is 6.17. The number of carbonyl (C=O) groups is 2. The van der Waals surface area contributed by atoms with Gasteiger partial charge in [-0.3, -0.25) is 19.3 Å². The zero-order chi connectivity index (χ0) is 20.3. The smallest absolute Gasteiger partial charge is 0.264 e. The van der Waals surface area contributed by atoms with E-state index in [0.717, 1.165) is 17.3 Å². The minimum absolute atomic E-state index is 0.0418. The van der Waals surface area contributed by atoms with E-state index in [-0.39, 0.29) is 16.7 Å². The maximum absolute atomic E-state index is 12.7. The Balaban J connectivity index is 1.54. The van der Waals surface area contributed by atoms with Crippen LogP contribution in [0.4, 0.5) is 0 Å². The van der Waals surface area contributed by atoms with Crippen LogP contribution in [-0.4, -0.2) is 87.4 Å². The van der Waals surface area contributed by atoms with Crippen LogP contribution in [-0.2, 0) is 19.7 Å². The van der Waals surface area contributed by atoms with Gasteiger partial charge in [-0.05, 0) is 37.1 Å². The Morgan fingerprint density at radius 3 is 2.29 bits per heavy atom. The van der Waals surface area contributed by atoms with Gasteiger partial charge in [0.05, 0.1) is 18.6 Å². The number of hydrogen-bond donors (Lipinski definition) is 1. The third kappa shape index (κ3) is 4.88. The van der Waals surface area contributed by atoms with Gasteiger partial charge in [0.2, 0.25) is 5.91 Å². The number of rotatable bonds is 7. The Bertz CT molecular complexity index is 815. The Morgan fingerprint density at radius 1 is 1.14 bits per heavy atom. The summed E-state index contributed by atoms with van der Waals surface area (Å²) in [5.74, 6) is -0.105. The first-order chi connectivity index (χ1) is 13.3. The highest BCUT2D eigenvalue weighted by Crippen LogP contribution is 2.19. The van der Waals surface area contributed by atoms with Crippen molar-refractivity contribution in [3.8, 4) is 0 Å². The number of hydroxylamine groups is 1. The van der Waals surface area contributed by atoms with Crippen LogP contribution in [0.3, 0.4) is 0 Å². The molecule has 1 aromatic rings. The van der Waals surface area contributed by atoms with Crippen LogP contribution in [0.5, 0.6) is 0 Å². The first-order valence-corrected chi connectivity index (χ1v) is 10.7. The van der Waals surface area contributed by atoms with Gasteiger partial charge in [0.15, 0.2) is 0 Å². The molecule has 1 aliphatic heterocycles. The molecule has 9 nitrogen and oxygen atoms in total. The molecule has 0 atom stereocenters. The van der Waals surface area contributed by atoms with E-state index in [1.54, 1.807) is 4.90 Å². The normalized spacial score (nSPS) is 18.3. The first kappa shape index (κ1) is 20.7. The topological polar surface area (TPSA) is 99.3 Å². The number of sulfonamides is 1. The minimum Gasteiger partial charge on any atom is -0.352 e. The Hall–Kier alpha value is -2.01. The van der Waals surface area contributed by atoms with Gasteiger partial charge in [0.25, 0.3) is 15.9 Å². The standard InChI is InChI=1S/C18H26N4O5S/c1-20(27-2)28(25,26)16-7-3-14(4-8-16)18(24)22-11-9-21(10-12-22)13-17(23)19-15-5-6-15/h3-4,7-8,15H,5-6,9-13H2,1-2H3,(H,19,23). The quantitative estimate of drug-likeness (QED) is 0.631. The molecule has 2 aliphatic rings. The van der Waals surface area contributed by atoms with E-state index in [2.05, 4.69) is 5.32 Å². The summed E-state index contributed by atoms with van der Waals surface area (Å²) in [4.78, 5) is 33.1. The lowest BCUT2D eigenvalue weighted by Gasteiger charge is -2.34. The van der Waals surface area contributed by atoms with Crippen molar-refractivity contribution >= 4 is 21.8 Å². The highest BCUT2D eigenvalue weighted by Gasteiger charge is 2.27. The van der Waals surface area contributed by atoms with Gasteiger partial charge in [-0.25, -0.2) is 8.42 Å². The van der Waals surface area contributed by atoms with Crippen molar-refractivity contribution in [3.63, 3.8) is 0 Å². The average Bonchev–Trinajstić information content (AvgIpc) is 3.51. The van der Waals surface area contributed by atoms with E-state index in [1.165, 1.54) is 38.4 Å². The molecule has 1 saturated heterocycles. The molecule has 0 aromatic heterocycles. The molecule has 1 heterocycles. The van der Waals surface area contributed by atoms with Crippen LogP contribution in [0.2, 0.25) is 0 Å². The molecule has 28 heavy (non-hydrogen) atoms. The number of benzene rings is 1. The minimum atomic E-state index is -3.74. The second-order valence-corrected chi connectivity index (χ2v) is 8.97. The van der Waals surface area contributed by atoms with Crippen molar-refractivity contribution in [3.05, 3.63) is 29.8 Å². The molecule has 0 radical (unpaired) electrons. The van der Waals surface area contributed by atoms with Crippen molar-refractivity contribution in [1.29, 1.82) is 0 Å². The molecule has 154 valence electrons. The van der Waals surface area contributed by atoms with E-state index in [1.807, 2.05) is 4.90 Å². The highest BCUT2D eigenvalue weighted by atomic mass is 32.2. The predicted octanol–water partition coefficient (Wildman–Crippen LogP) is -0.0951. The van der Waals surface area contributed by atoms with Gasteiger partial charge < -0.3 is 10.2 Å². The molecule has 2 amide bonds. The monoisotopic (exact) mass is 410 g/mol. The van der Waals surface area contributed by atoms with E-state index in [9.17, 15) is 18.0 Å². The number of piperazine rings is 1. The van der Waals surface area contributed by atoms with Crippen molar-refractivity contribution < 1.29 is 22.8 Å². The Kier molecular flexibility index (Phi) is 6.33. The average molecular weight is 410 g/mol. The summed E-state index contributed by atoms with van der Waals surface area (Å²) in [5.41, 5.74) is 0.430. The van der Waals surface area contributed by atoms with Crippen molar-refractivity contribution in [2.24, 2.45) is 0 Å². The summed E-state index contributed by atoms with van der Waals surface area (Å²) >= 11 is 0. The van der Waals surface area contributed by atoms with E-state index < -0.39 is 10.0 Å². The third-order valence-corrected chi connectivity index (χ3v) is 6.66. The second kappa shape index (κ2) is 8.56. The molecule has 1 saturated carbocycles. The van der Waals surface area contributed by atoms with Crippen molar-refractivity contribution in [1.82, 2.24) is 19.6 Å². The number of carbonyl (C=O) groups excluding carboxylic acids is 2. The maximum Gasteiger partial charge on any atom is 0.264 e. The van der Waals surface area contributed by atoms with Gasteiger partial charge in [-0.1, -0.05) is 4.47 Å². The number of hydrogen-bond acceptors (Lipinski definition) is 6. The second-order valence-electron chi connectivity index (χ2n) is 7.03. The zero-order valence-electron chi connectivity index (χ0n) is 16.1. The summed E-state index contributed by atoms with van der Waals surface area (Å²) in [6.07, 6.45) is 2.13. The third-order valence-electron chi connectivity index (χ3n) is 4.96. The number of amides is 2. The van der Waals surface area contributed by atoms with Crippen LogP contribution < -0.4 is 5.32 Å². The van der Waals surface area contributed by atoms with Crippen LogP contribution in [0, 0.1) is 0 Å². The molecular formula is C18H26N4O5S. The fraction of sp³-hybridized carbons (Fsp3) is 0.556. The maximum atomic E-state index is 12.7. The van der Waals surface area contributed by atoms with E-state index >= 15 is 0 Å². The molecule has 1 aliphatic carbocycles. The summed E-state index contributed by atoms with van der Waals surface area (Å²) < 4.78 is 25.2. The summed E-state index contributed by atoms with van der Waals surface area (Å²) in [6.45, 7) is 2.69. The largest absolute Gasteiger partial charge is 0.352 e. The van der Waals surface area contributed by atoms with Crippen LogP contribution in [0.15, 0.2) is 29.2 Å². The van der Waals surface area contributed by atoms with Gasteiger partial charge in [-0.15, -0.1) is 0 Å². The van der Waals surface area contributed by atoms with Crippen LogP contribution in [0.1, 0.15) is 23.2 Å². The SMILES string of the molecule is CON(C)S(=O)(=O)c1ccc(C(=O)N2CCN(CC(=O)NC3CC3)CC2)cc1. The summed E-state index contributed by atoms with van der Waals surface area (Å²) in [7, 11) is -1.16. The molecule has 1 N–H and O–H groups in total. The molecule has 10 heteroatoms. The lowest BCUT2D eigenvalue weighted by atomic mass is 10.2. The number of nitrogens with zero attached hydrogens (tertiary/aromatic N) is 3. The van der Waals surface area contributed by atoms with E-state index in [4.69, 9.17) is 4.84 Å². The fourth-order valence-electron chi connectivity index (χ4n) is 3.01. The van der Waals surface area contributed by atoms with Gasteiger partial charge in [-0.2, -0.15) is 0 Å². The number of nitrogens with one attached hydrogen (secondary N) is 1. The van der Waals surface area contributed by atoms with Crippen molar-refractivity contribution in [2.45, 2.75) is 23.8 Å². The van der Waals surface area contributed by atoms with Gasteiger partial charge in [0, 0.05) is 44.8 Å². The molecule has 0 spiro atoms. The Morgan fingerprint density at radius 2 is 1.75 bits per heavy atom. The molecule has 3 rings (SSSR count). The lowest BCUT2D eigenvalue weighted by Crippen LogP contribution is -2.51. The van der Waals surface area contributed by atoms with Gasteiger partial charge in [0.1, 0.15) is 0 Å². The van der Waals surface area contributed by atoms with Crippen LogP contribution >= 0.6 is 0 Å². The lowest BCUT2D eigenvalue weighted by molar-refractivity contribution is -0.122. The fourth-order valence-corrected chi connectivity index (χ4v) is 3.98. The Labute approximate surface area is 165 Å². The van der Waals surface area contributed by atoms with Crippen molar-refractivity contribution in [2.75, 3.05) is 46.9 Å². The van der Waals surface area contributed by atoms with E-state index in [0.29, 0.717) is 44.3 Å². The highest BCUT2D eigenvalue weighted by molar-refractivity contribution is 7.89. The molecular weight excluding hydrogens is 384 g/mol.